The third kappa shape index (κ3) is 1.88. The molecule has 0 saturated carbocycles. The molecule has 1 saturated heterocycles. The van der Waals surface area contributed by atoms with Gasteiger partial charge in [0, 0.05) is 27.6 Å². The molecule has 0 spiro atoms. The molecule has 1 aromatic carbocycles. The van der Waals surface area contributed by atoms with Gasteiger partial charge in [0.05, 0.1) is 19.3 Å². The van der Waals surface area contributed by atoms with Crippen LogP contribution < -0.4 is 5.32 Å². The lowest BCUT2D eigenvalue weighted by molar-refractivity contribution is 0.0758. The maximum Gasteiger partial charge on any atom is 0.0711 e. The van der Waals surface area contributed by atoms with E-state index in [1.54, 1.807) is 0 Å². The lowest BCUT2D eigenvalue weighted by atomic mass is 10.2. The molecule has 1 aliphatic heterocycles. The monoisotopic (exact) mass is 280 g/mol. The van der Waals surface area contributed by atoms with Gasteiger partial charge in [-0.2, -0.15) is 0 Å². The van der Waals surface area contributed by atoms with Gasteiger partial charge in [0.15, 0.2) is 0 Å². The molecule has 1 fully saturated rings. The van der Waals surface area contributed by atoms with Crippen LogP contribution in [0.3, 0.4) is 0 Å². The summed E-state index contributed by atoms with van der Waals surface area (Å²) >= 11 is 3.48. The number of benzene rings is 1. The number of morpholine rings is 1. The zero-order chi connectivity index (χ0) is 11.0. The Morgan fingerprint density at radius 2 is 2.25 bits per heavy atom. The molecule has 1 atom stereocenters. The number of aromatic amines is 1. The Morgan fingerprint density at radius 3 is 3.06 bits per heavy atom. The van der Waals surface area contributed by atoms with E-state index in [2.05, 4.69) is 44.4 Å². The van der Waals surface area contributed by atoms with E-state index in [1.807, 2.05) is 6.07 Å². The molecule has 3 nitrogen and oxygen atoms in total. The first-order chi connectivity index (χ1) is 7.83. The van der Waals surface area contributed by atoms with E-state index in [0.29, 0.717) is 6.04 Å². The SMILES string of the molecule is Brc1ccc2[nH]c(C3COCCN3)cc2c1. The molecule has 0 amide bonds. The number of nitrogens with one attached hydrogen (secondary N) is 2. The lowest BCUT2D eigenvalue weighted by Gasteiger charge is -2.22. The minimum Gasteiger partial charge on any atom is -0.378 e. The third-order valence-corrected chi connectivity index (χ3v) is 3.39. The van der Waals surface area contributed by atoms with Gasteiger partial charge < -0.3 is 15.0 Å². The number of fused-ring (bicyclic) bond motifs is 1. The first kappa shape index (κ1) is 10.3. The Hall–Kier alpha value is -0.840. The molecule has 3 rings (SSSR count). The molecule has 1 aromatic heterocycles. The van der Waals surface area contributed by atoms with Crippen molar-refractivity contribution in [2.24, 2.45) is 0 Å². The number of ether oxygens (including phenoxy) is 1. The summed E-state index contributed by atoms with van der Waals surface area (Å²) in [5, 5.41) is 4.68. The Labute approximate surface area is 102 Å². The molecular formula is C12H13BrN2O. The number of hydrogen-bond acceptors (Lipinski definition) is 2. The van der Waals surface area contributed by atoms with E-state index in [1.165, 1.54) is 16.6 Å². The highest BCUT2D eigenvalue weighted by molar-refractivity contribution is 9.10. The van der Waals surface area contributed by atoms with Crippen molar-refractivity contribution >= 4 is 26.8 Å². The number of hydrogen-bond donors (Lipinski definition) is 2. The highest BCUT2D eigenvalue weighted by Gasteiger charge is 2.16. The van der Waals surface area contributed by atoms with Crippen molar-refractivity contribution in [2.75, 3.05) is 19.8 Å². The molecule has 84 valence electrons. The van der Waals surface area contributed by atoms with Gasteiger partial charge in [-0.05, 0) is 24.3 Å². The van der Waals surface area contributed by atoms with Crippen molar-refractivity contribution in [1.82, 2.24) is 10.3 Å². The van der Waals surface area contributed by atoms with Crippen LogP contribution in [0.2, 0.25) is 0 Å². The predicted octanol–water partition coefficient (Wildman–Crippen LogP) is 2.59. The minimum absolute atomic E-state index is 0.292. The Kier molecular flexibility index (Phi) is 2.71. The highest BCUT2D eigenvalue weighted by atomic mass is 79.9. The van der Waals surface area contributed by atoms with E-state index in [-0.39, 0.29) is 0 Å². The Bertz CT molecular complexity index is 503. The standard InChI is InChI=1S/C12H13BrN2O/c13-9-1-2-10-8(5-9)6-11(15-10)12-7-16-4-3-14-12/h1-2,5-6,12,14-15H,3-4,7H2. The summed E-state index contributed by atoms with van der Waals surface area (Å²) in [7, 11) is 0. The fourth-order valence-corrected chi connectivity index (χ4v) is 2.46. The fraction of sp³-hybridized carbons (Fsp3) is 0.333. The number of aromatic nitrogens is 1. The Balaban J connectivity index is 1.97. The fourth-order valence-electron chi connectivity index (χ4n) is 2.08. The summed E-state index contributed by atoms with van der Waals surface area (Å²) in [6.45, 7) is 2.47. The third-order valence-electron chi connectivity index (χ3n) is 2.90. The zero-order valence-corrected chi connectivity index (χ0v) is 10.4. The molecule has 0 bridgehead atoms. The summed E-state index contributed by atoms with van der Waals surface area (Å²) < 4.78 is 6.57. The topological polar surface area (TPSA) is 37.0 Å². The molecule has 2 aromatic rings. The number of H-pyrrole nitrogens is 1. The predicted molar refractivity (Wildman–Crippen MR) is 67.6 cm³/mol. The van der Waals surface area contributed by atoms with Gasteiger partial charge in [-0.15, -0.1) is 0 Å². The average Bonchev–Trinajstić information content (AvgIpc) is 2.73. The van der Waals surface area contributed by atoms with Crippen molar-refractivity contribution in [1.29, 1.82) is 0 Å². The van der Waals surface area contributed by atoms with Gasteiger partial charge in [-0.3, -0.25) is 0 Å². The van der Waals surface area contributed by atoms with Crippen molar-refractivity contribution in [3.8, 4) is 0 Å². The zero-order valence-electron chi connectivity index (χ0n) is 8.79. The molecule has 0 radical (unpaired) electrons. The summed E-state index contributed by atoms with van der Waals surface area (Å²) in [4.78, 5) is 3.43. The van der Waals surface area contributed by atoms with Gasteiger partial charge in [0.2, 0.25) is 0 Å². The maximum absolute atomic E-state index is 5.46. The van der Waals surface area contributed by atoms with Crippen LogP contribution in [0.4, 0.5) is 0 Å². The van der Waals surface area contributed by atoms with Gasteiger partial charge in [0.25, 0.3) is 0 Å². The molecule has 2 N–H and O–H groups in total. The number of rotatable bonds is 1. The van der Waals surface area contributed by atoms with Crippen LogP contribution in [-0.4, -0.2) is 24.7 Å². The normalized spacial score (nSPS) is 21.4. The highest BCUT2D eigenvalue weighted by Crippen LogP contribution is 2.24. The quantitative estimate of drug-likeness (QED) is 0.843. The van der Waals surface area contributed by atoms with Crippen LogP contribution >= 0.6 is 15.9 Å². The average molecular weight is 281 g/mol. The first-order valence-corrected chi connectivity index (χ1v) is 6.21. The van der Waals surface area contributed by atoms with Crippen LogP contribution in [0, 0.1) is 0 Å². The minimum atomic E-state index is 0.292. The largest absolute Gasteiger partial charge is 0.378 e. The van der Waals surface area contributed by atoms with E-state index < -0.39 is 0 Å². The molecular weight excluding hydrogens is 268 g/mol. The van der Waals surface area contributed by atoms with Crippen LogP contribution in [-0.2, 0) is 4.74 Å². The second kappa shape index (κ2) is 4.20. The van der Waals surface area contributed by atoms with Crippen molar-refractivity contribution in [3.63, 3.8) is 0 Å². The van der Waals surface area contributed by atoms with Gasteiger partial charge in [-0.1, -0.05) is 15.9 Å². The lowest BCUT2D eigenvalue weighted by Crippen LogP contribution is -2.34. The van der Waals surface area contributed by atoms with E-state index in [0.717, 1.165) is 24.2 Å². The van der Waals surface area contributed by atoms with Crippen LogP contribution in [0.1, 0.15) is 11.7 Å². The molecule has 2 heterocycles. The first-order valence-electron chi connectivity index (χ1n) is 5.42. The van der Waals surface area contributed by atoms with Gasteiger partial charge in [-0.25, -0.2) is 0 Å². The van der Waals surface area contributed by atoms with Crippen molar-refractivity contribution in [2.45, 2.75) is 6.04 Å². The van der Waals surface area contributed by atoms with Gasteiger partial charge in [0.1, 0.15) is 0 Å². The molecule has 0 aliphatic carbocycles. The maximum atomic E-state index is 5.46. The van der Waals surface area contributed by atoms with Gasteiger partial charge >= 0.3 is 0 Å². The smallest absolute Gasteiger partial charge is 0.0711 e. The summed E-state index contributed by atoms with van der Waals surface area (Å²) in [6.07, 6.45) is 0. The molecule has 1 aliphatic rings. The van der Waals surface area contributed by atoms with Crippen LogP contribution in [0.25, 0.3) is 10.9 Å². The Morgan fingerprint density at radius 1 is 1.31 bits per heavy atom. The second-order valence-corrected chi connectivity index (χ2v) is 4.95. The van der Waals surface area contributed by atoms with Crippen molar-refractivity contribution < 1.29 is 4.74 Å². The van der Waals surface area contributed by atoms with Crippen LogP contribution in [0.5, 0.6) is 0 Å². The molecule has 4 heteroatoms. The molecule has 16 heavy (non-hydrogen) atoms. The van der Waals surface area contributed by atoms with E-state index in [9.17, 15) is 0 Å². The summed E-state index contributed by atoms with van der Waals surface area (Å²) in [5.41, 5.74) is 2.37. The summed E-state index contributed by atoms with van der Waals surface area (Å²) in [6, 6.07) is 8.74. The van der Waals surface area contributed by atoms with Crippen molar-refractivity contribution in [3.05, 3.63) is 34.4 Å². The van der Waals surface area contributed by atoms with E-state index in [4.69, 9.17) is 4.74 Å². The summed E-state index contributed by atoms with van der Waals surface area (Å²) in [5.74, 6) is 0. The van der Waals surface area contributed by atoms with Crippen LogP contribution in [0.15, 0.2) is 28.7 Å². The molecule has 1 unspecified atom stereocenters. The van der Waals surface area contributed by atoms with E-state index >= 15 is 0 Å². The number of halogens is 1. The second-order valence-electron chi connectivity index (χ2n) is 4.04.